The van der Waals surface area contributed by atoms with Gasteiger partial charge in [-0.2, -0.15) is 0 Å². The molecule has 2 unspecified atom stereocenters. The molecule has 0 amide bonds. The Morgan fingerprint density at radius 1 is 1.56 bits per heavy atom. The van der Waals surface area contributed by atoms with Crippen molar-refractivity contribution in [3.8, 4) is 5.75 Å². The fraction of sp³-hybridized carbons (Fsp3) is 0.538. The van der Waals surface area contributed by atoms with Gasteiger partial charge < -0.3 is 15.2 Å². The van der Waals surface area contributed by atoms with Gasteiger partial charge >= 0.3 is 0 Å². The van der Waals surface area contributed by atoms with Crippen molar-refractivity contribution in [2.75, 3.05) is 6.61 Å². The molecule has 0 radical (unpaired) electrons. The zero-order valence-corrected chi connectivity index (χ0v) is 9.86. The molecule has 0 saturated carbocycles. The molecule has 3 heteroatoms. The van der Waals surface area contributed by atoms with Gasteiger partial charge in [0.25, 0.3) is 0 Å². The van der Waals surface area contributed by atoms with Gasteiger partial charge in [0.1, 0.15) is 5.75 Å². The van der Waals surface area contributed by atoms with E-state index in [0.29, 0.717) is 5.75 Å². The van der Waals surface area contributed by atoms with Gasteiger partial charge in [-0.05, 0) is 38.0 Å². The maximum atomic E-state index is 9.37. The molecule has 88 valence electrons. The van der Waals surface area contributed by atoms with Crippen molar-refractivity contribution in [2.45, 2.75) is 38.5 Å². The normalized spacial score (nSPS) is 29.5. The van der Waals surface area contributed by atoms with Crippen LogP contribution in [0.5, 0.6) is 5.75 Å². The highest BCUT2D eigenvalue weighted by Gasteiger charge is 2.36. The Hall–Kier alpha value is -1.06. The van der Waals surface area contributed by atoms with Crippen molar-refractivity contribution in [1.82, 2.24) is 5.32 Å². The molecule has 0 bridgehead atoms. The number of aromatic hydroxyl groups is 1. The van der Waals surface area contributed by atoms with Crippen molar-refractivity contribution in [3.63, 3.8) is 0 Å². The Kier molecular flexibility index (Phi) is 3.17. The van der Waals surface area contributed by atoms with E-state index in [4.69, 9.17) is 4.74 Å². The standard InChI is InChI=1S/C13H19NO2/c1-10-13(2,6-7-16-10)14-9-11-4-3-5-12(15)8-11/h3-5,8,10,14-15H,6-7,9H2,1-2H3. The Morgan fingerprint density at radius 3 is 3.00 bits per heavy atom. The molecule has 1 aromatic rings. The second kappa shape index (κ2) is 4.44. The fourth-order valence-electron chi connectivity index (χ4n) is 2.04. The van der Waals surface area contributed by atoms with Crippen LogP contribution in [0.1, 0.15) is 25.8 Å². The van der Waals surface area contributed by atoms with Gasteiger partial charge in [0, 0.05) is 18.7 Å². The van der Waals surface area contributed by atoms with Crippen LogP contribution in [0.4, 0.5) is 0 Å². The summed E-state index contributed by atoms with van der Waals surface area (Å²) in [6, 6.07) is 7.35. The molecule has 1 aliphatic rings. The monoisotopic (exact) mass is 221 g/mol. The summed E-state index contributed by atoms with van der Waals surface area (Å²) in [4.78, 5) is 0. The third-order valence-corrected chi connectivity index (χ3v) is 3.49. The molecule has 1 heterocycles. The van der Waals surface area contributed by atoms with Gasteiger partial charge in [0.05, 0.1) is 6.10 Å². The van der Waals surface area contributed by atoms with E-state index in [2.05, 4.69) is 19.2 Å². The molecule has 2 rings (SSSR count). The minimum atomic E-state index is 0.0471. The van der Waals surface area contributed by atoms with E-state index in [0.717, 1.165) is 25.1 Å². The molecule has 0 aliphatic carbocycles. The highest BCUT2D eigenvalue weighted by atomic mass is 16.5. The van der Waals surface area contributed by atoms with Gasteiger partial charge in [-0.1, -0.05) is 12.1 Å². The Morgan fingerprint density at radius 2 is 2.38 bits per heavy atom. The second-order valence-corrected chi connectivity index (χ2v) is 4.70. The van der Waals surface area contributed by atoms with Crippen LogP contribution in [0.15, 0.2) is 24.3 Å². The van der Waals surface area contributed by atoms with E-state index >= 15 is 0 Å². The Labute approximate surface area is 96.4 Å². The summed E-state index contributed by atoms with van der Waals surface area (Å²) < 4.78 is 5.57. The molecule has 1 aliphatic heterocycles. The van der Waals surface area contributed by atoms with Gasteiger partial charge in [-0.25, -0.2) is 0 Å². The molecular weight excluding hydrogens is 202 g/mol. The van der Waals surface area contributed by atoms with Crippen molar-refractivity contribution in [3.05, 3.63) is 29.8 Å². The number of nitrogens with one attached hydrogen (secondary N) is 1. The summed E-state index contributed by atoms with van der Waals surface area (Å²) >= 11 is 0. The number of hydrogen-bond acceptors (Lipinski definition) is 3. The van der Waals surface area contributed by atoms with E-state index in [9.17, 15) is 5.11 Å². The summed E-state index contributed by atoms with van der Waals surface area (Å²) in [7, 11) is 0. The smallest absolute Gasteiger partial charge is 0.115 e. The first-order chi connectivity index (χ1) is 7.60. The van der Waals surface area contributed by atoms with Crippen LogP contribution in [0, 0.1) is 0 Å². The lowest BCUT2D eigenvalue weighted by atomic mass is 9.94. The average Bonchev–Trinajstić information content (AvgIpc) is 2.58. The number of hydrogen-bond donors (Lipinski definition) is 2. The molecule has 1 saturated heterocycles. The third kappa shape index (κ3) is 2.36. The molecule has 0 spiro atoms. The van der Waals surface area contributed by atoms with Gasteiger partial charge in [0.2, 0.25) is 0 Å². The zero-order chi connectivity index (χ0) is 11.6. The molecule has 0 aromatic heterocycles. The first-order valence-corrected chi connectivity index (χ1v) is 5.75. The molecule has 2 atom stereocenters. The fourth-order valence-corrected chi connectivity index (χ4v) is 2.04. The van der Waals surface area contributed by atoms with Crippen LogP contribution in [0.3, 0.4) is 0 Å². The topological polar surface area (TPSA) is 41.5 Å². The van der Waals surface area contributed by atoms with Crippen molar-refractivity contribution in [2.24, 2.45) is 0 Å². The molecular formula is C13H19NO2. The van der Waals surface area contributed by atoms with E-state index < -0.39 is 0 Å². The van der Waals surface area contributed by atoms with Crippen LogP contribution in [0.2, 0.25) is 0 Å². The molecule has 1 aromatic carbocycles. The lowest BCUT2D eigenvalue weighted by Gasteiger charge is -2.29. The first-order valence-electron chi connectivity index (χ1n) is 5.75. The molecule has 2 N–H and O–H groups in total. The maximum absolute atomic E-state index is 9.37. The average molecular weight is 221 g/mol. The largest absolute Gasteiger partial charge is 0.508 e. The predicted molar refractivity (Wildman–Crippen MR) is 63.4 cm³/mol. The number of phenols is 1. The number of ether oxygens (including phenoxy) is 1. The van der Waals surface area contributed by atoms with Crippen LogP contribution in [0.25, 0.3) is 0 Å². The van der Waals surface area contributed by atoms with Crippen molar-refractivity contribution < 1.29 is 9.84 Å². The third-order valence-electron chi connectivity index (χ3n) is 3.49. The molecule has 3 nitrogen and oxygen atoms in total. The highest BCUT2D eigenvalue weighted by Crippen LogP contribution is 2.25. The van der Waals surface area contributed by atoms with E-state index in [1.165, 1.54) is 0 Å². The number of phenolic OH excluding ortho intramolecular Hbond substituents is 1. The van der Waals surface area contributed by atoms with Crippen LogP contribution < -0.4 is 5.32 Å². The lowest BCUT2D eigenvalue weighted by Crippen LogP contribution is -2.47. The Balaban J connectivity index is 1.97. The van der Waals surface area contributed by atoms with Gasteiger partial charge in [-0.3, -0.25) is 0 Å². The van der Waals surface area contributed by atoms with E-state index in [1.54, 1.807) is 12.1 Å². The maximum Gasteiger partial charge on any atom is 0.115 e. The van der Waals surface area contributed by atoms with Crippen molar-refractivity contribution in [1.29, 1.82) is 0 Å². The van der Waals surface area contributed by atoms with Crippen LogP contribution in [-0.4, -0.2) is 23.4 Å². The summed E-state index contributed by atoms with van der Waals surface area (Å²) in [5, 5.41) is 12.9. The predicted octanol–water partition coefficient (Wildman–Crippen LogP) is 2.05. The van der Waals surface area contributed by atoms with Crippen LogP contribution in [-0.2, 0) is 11.3 Å². The zero-order valence-electron chi connectivity index (χ0n) is 9.86. The van der Waals surface area contributed by atoms with Gasteiger partial charge in [0.15, 0.2) is 0 Å². The number of benzene rings is 1. The van der Waals surface area contributed by atoms with E-state index in [1.807, 2.05) is 12.1 Å². The lowest BCUT2D eigenvalue weighted by molar-refractivity contribution is 0.0881. The minimum absolute atomic E-state index is 0.0471. The van der Waals surface area contributed by atoms with E-state index in [-0.39, 0.29) is 11.6 Å². The first kappa shape index (κ1) is 11.4. The van der Waals surface area contributed by atoms with Gasteiger partial charge in [-0.15, -0.1) is 0 Å². The summed E-state index contributed by atoms with van der Waals surface area (Å²) in [6.07, 6.45) is 1.28. The summed E-state index contributed by atoms with van der Waals surface area (Å²) in [5.74, 6) is 0.320. The quantitative estimate of drug-likeness (QED) is 0.820. The van der Waals surface area contributed by atoms with Crippen molar-refractivity contribution >= 4 is 0 Å². The number of rotatable bonds is 3. The highest BCUT2D eigenvalue weighted by molar-refractivity contribution is 5.27. The van der Waals surface area contributed by atoms with Crippen LogP contribution >= 0.6 is 0 Å². The SMILES string of the molecule is CC1OCCC1(C)NCc1cccc(O)c1. The molecule has 1 fully saturated rings. The summed E-state index contributed by atoms with van der Waals surface area (Å²) in [5.41, 5.74) is 1.14. The summed E-state index contributed by atoms with van der Waals surface area (Å²) in [6.45, 7) is 5.87. The Bertz CT molecular complexity index is 367. The molecule has 16 heavy (non-hydrogen) atoms. The second-order valence-electron chi connectivity index (χ2n) is 4.70. The minimum Gasteiger partial charge on any atom is -0.508 e.